The van der Waals surface area contributed by atoms with Crippen molar-refractivity contribution >= 4 is 11.4 Å². The molecule has 2 N–H and O–H groups in total. The molecule has 0 fully saturated rings. The first-order valence-electron chi connectivity index (χ1n) is 7.23. The summed E-state index contributed by atoms with van der Waals surface area (Å²) in [5, 5.41) is 41.7. The number of nitro benzene ring substituents is 2. The van der Waals surface area contributed by atoms with E-state index in [1.54, 1.807) is 12.1 Å². The van der Waals surface area contributed by atoms with Crippen molar-refractivity contribution in [3.63, 3.8) is 0 Å². The molecule has 24 heavy (non-hydrogen) atoms. The number of hydrogen-bond donors (Lipinski definition) is 2. The predicted octanol–water partition coefficient (Wildman–Crippen LogP) is 3.05. The number of aliphatic hydroxyl groups is 2. The second kappa shape index (κ2) is 7.62. The van der Waals surface area contributed by atoms with Gasteiger partial charge in [0, 0.05) is 24.3 Å². The van der Waals surface area contributed by atoms with Gasteiger partial charge in [-0.25, -0.2) is 0 Å². The number of benzene rings is 2. The van der Waals surface area contributed by atoms with Crippen LogP contribution in [0.25, 0.3) is 0 Å². The molecule has 0 aliphatic heterocycles. The molecule has 0 radical (unpaired) electrons. The van der Waals surface area contributed by atoms with Crippen molar-refractivity contribution in [1.29, 1.82) is 0 Å². The van der Waals surface area contributed by atoms with Crippen molar-refractivity contribution in [2.75, 3.05) is 0 Å². The van der Waals surface area contributed by atoms with E-state index in [0.29, 0.717) is 11.1 Å². The van der Waals surface area contributed by atoms with Gasteiger partial charge in [0.1, 0.15) is 0 Å². The Labute approximate surface area is 137 Å². The third kappa shape index (κ3) is 4.34. The van der Waals surface area contributed by atoms with Crippen LogP contribution in [-0.4, -0.2) is 20.1 Å². The van der Waals surface area contributed by atoms with E-state index in [1.165, 1.54) is 36.4 Å². The predicted molar refractivity (Wildman–Crippen MR) is 85.3 cm³/mol. The molecule has 0 saturated carbocycles. The number of aliphatic hydroxyl groups excluding tert-OH is 2. The van der Waals surface area contributed by atoms with Crippen LogP contribution in [0.15, 0.2) is 48.5 Å². The van der Waals surface area contributed by atoms with Crippen LogP contribution in [-0.2, 0) is 0 Å². The van der Waals surface area contributed by atoms with E-state index >= 15 is 0 Å². The smallest absolute Gasteiger partial charge is 0.269 e. The summed E-state index contributed by atoms with van der Waals surface area (Å²) in [7, 11) is 0. The van der Waals surface area contributed by atoms with Crippen LogP contribution < -0.4 is 0 Å². The minimum atomic E-state index is -0.974. The molecule has 0 aliphatic rings. The zero-order valence-corrected chi connectivity index (χ0v) is 12.6. The third-order valence-electron chi connectivity index (χ3n) is 3.65. The van der Waals surface area contributed by atoms with Crippen LogP contribution in [0.5, 0.6) is 0 Å². The summed E-state index contributed by atoms with van der Waals surface area (Å²) in [5.74, 6) is 0. The van der Waals surface area contributed by atoms with Crippen LogP contribution in [0.3, 0.4) is 0 Å². The second-order valence-electron chi connectivity index (χ2n) is 5.31. The van der Waals surface area contributed by atoms with E-state index in [4.69, 9.17) is 0 Å². The Kier molecular flexibility index (Phi) is 5.56. The summed E-state index contributed by atoms with van der Waals surface area (Å²) in [5.41, 5.74) is 0.530. The molecule has 0 aromatic heterocycles. The molecule has 8 heteroatoms. The van der Waals surface area contributed by atoms with Gasteiger partial charge in [-0.2, -0.15) is 0 Å². The quantitative estimate of drug-likeness (QED) is 0.592. The molecule has 2 unspecified atom stereocenters. The first-order valence-corrected chi connectivity index (χ1v) is 7.23. The summed E-state index contributed by atoms with van der Waals surface area (Å²) in [6.45, 7) is 0. The lowest BCUT2D eigenvalue weighted by Gasteiger charge is -2.14. The maximum absolute atomic E-state index is 10.7. The molecule has 126 valence electrons. The molecule has 0 amide bonds. The highest BCUT2D eigenvalue weighted by molar-refractivity contribution is 5.36. The average molecular weight is 332 g/mol. The van der Waals surface area contributed by atoms with Gasteiger partial charge in [-0.1, -0.05) is 24.3 Å². The molecule has 2 aromatic carbocycles. The molecule has 0 saturated heterocycles. The molecule has 8 nitrogen and oxygen atoms in total. The van der Waals surface area contributed by atoms with Gasteiger partial charge >= 0.3 is 0 Å². The van der Waals surface area contributed by atoms with Crippen molar-refractivity contribution in [3.05, 3.63) is 79.9 Å². The van der Waals surface area contributed by atoms with Crippen LogP contribution in [0.2, 0.25) is 0 Å². The number of hydrogen-bond acceptors (Lipinski definition) is 6. The highest BCUT2D eigenvalue weighted by Gasteiger charge is 2.17. The third-order valence-corrected chi connectivity index (χ3v) is 3.65. The molecule has 2 atom stereocenters. The largest absolute Gasteiger partial charge is 0.388 e. The molecular weight excluding hydrogens is 316 g/mol. The van der Waals surface area contributed by atoms with Gasteiger partial charge in [0.05, 0.1) is 22.1 Å². The van der Waals surface area contributed by atoms with Crippen molar-refractivity contribution in [1.82, 2.24) is 0 Å². The van der Waals surface area contributed by atoms with Crippen LogP contribution in [0.4, 0.5) is 11.4 Å². The van der Waals surface area contributed by atoms with Crippen LogP contribution in [0, 0.1) is 20.2 Å². The van der Waals surface area contributed by atoms with E-state index in [0.717, 1.165) is 0 Å². The Bertz CT molecular complexity index is 685. The summed E-state index contributed by atoms with van der Waals surface area (Å²) >= 11 is 0. The molecule has 0 aliphatic carbocycles. The van der Waals surface area contributed by atoms with Gasteiger partial charge in [0.25, 0.3) is 11.4 Å². The number of nitro groups is 2. The number of nitrogens with zero attached hydrogens (tertiary/aromatic N) is 2. The summed E-state index contributed by atoms with van der Waals surface area (Å²) in [6, 6.07) is 11.3. The van der Waals surface area contributed by atoms with Gasteiger partial charge in [-0.3, -0.25) is 20.2 Å². The van der Waals surface area contributed by atoms with Crippen molar-refractivity contribution < 1.29 is 20.1 Å². The summed E-state index contributed by atoms with van der Waals surface area (Å²) in [4.78, 5) is 20.4. The van der Waals surface area contributed by atoms with Gasteiger partial charge in [0.2, 0.25) is 0 Å². The maximum Gasteiger partial charge on any atom is 0.269 e. The van der Waals surface area contributed by atoms with E-state index < -0.39 is 22.1 Å². The minimum absolute atomic E-state index is 0.120. The Morgan fingerprint density at radius 3 is 1.50 bits per heavy atom. The van der Waals surface area contributed by atoms with Crippen LogP contribution >= 0.6 is 0 Å². The maximum atomic E-state index is 10.7. The van der Waals surface area contributed by atoms with E-state index in [1.807, 2.05) is 0 Å². The van der Waals surface area contributed by atoms with Gasteiger partial charge in [0.15, 0.2) is 0 Å². The van der Waals surface area contributed by atoms with Crippen molar-refractivity contribution in [3.8, 4) is 0 Å². The second-order valence-corrected chi connectivity index (χ2v) is 5.31. The molecule has 0 bridgehead atoms. The van der Waals surface area contributed by atoms with Crippen molar-refractivity contribution in [2.24, 2.45) is 0 Å². The number of non-ortho nitro benzene ring substituents is 2. The summed E-state index contributed by atoms with van der Waals surface area (Å²) in [6.07, 6.45) is -1.63. The summed E-state index contributed by atoms with van der Waals surface area (Å²) < 4.78 is 0. The monoisotopic (exact) mass is 332 g/mol. The van der Waals surface area contributed by atoms with Crippen LogP contribution in [0.1, 0.15) is 36.2 Å². The molecule has 2 aromatic rings. The SMILES string of the molecule is O=[N+]([O-])c1cccc(C(O)CCC(O)c2cccc([N+](=O)[O-])c2)c1. The Morgan fingerprint density at radius 1 is 0.792 bits per heavy atom. The average Bonchev–Trinajstić information content (AvgIpc) is 2.59. The normalized spacial score (nSPS) is 13.2. The van der Waals surface area contributed by atoms with E-state index in [9.17, 15) is 30.4 Å². The molecular formula is C16H16N2O6. The lowest BCUT2D eigenvalue weighted by atomic mass is 9.99. The van der Waals surface area contributed by atoms with E-state index in [2.05, 4.69) is 0 Å². The van der Waals surface area contributed by atoms with E-state index in [-0.39, 0.29) is 24.2 Å². The highest BCUT2D eigenvalue weighted by Crippen LogP contribution is 2.28. The fourth-order valence-electron chi connectivity index (χ4n) is 2.34. The zero-order valence-electron chi connectivity index (χ0n) is 12.6. The Balaban J connectivity index is 2.02. The minimum Gasteiger partial charge on any atom is -0.388 e. The standard InChI is InChI=1S/C16H16N2O6/c19-15(11-3-1-5-13(9-11)17(21)22)7-8-16(20)12-4-2-6-14(10-12)18(23)24/h1-6,9-10,15-16,19-20H,7-8H2. The topological polar surface area (TPSA) is 127 Å². The Hall–Kier alpha value is -2.84. The molecule has 0 heterocycles. The van der Waals surface area contributed by atoms with Gasteiger partial charge in [-0.15, -0.1) is 0 Å². The first kappa shape index (κ1) is 17.5. The molecule has 0 spiro atoms. The van der Waals surface area contributed by atoms with Crippen molar-refractivity contribution in [2.45, 2.75) is 25.0 Å². The van der Waals surface area contributed by atoms with Gasteiger partial charge in [-0.05, 0) is 24.0 Å². The highest BCUT2D eigenvalue weighted by atomic mass is 16.6. The van der Waals surface area contributed by atoms with Gasteiger partial charge < -0.3 is 10.2 Å². The first-order chi connectivity index (χ1) is 11.4. The fraction of sp³-hybridized carbons (Fsp3) is 0.250. The number of rotatable bonds is 7. The zero-order chi connectivity index (χ0) is 17.7. The molecule has 2 rings (SSSR count). The fourth-order valence-corrected chi connectivity index (χ4v) is 2.34. The lowest BCUT2D eigenvalue weighted by Crippen LogP contribution is -2.04. The Morgan fingerprint density at radius 2 is 1.17 bits per heavy atom. The lowest BCUT2D eigenvalue weighted by molar-refractivity contribution is -0.385.